The summed E-state index contributed by atoms with van der Waals surface area (Å²) in [5, 5.41) is 11.4. The van der Waals surface area contributed by atoms with Gasteiger partial charge in [0.25, 0.3) is 5.91 Å². The molecule has 1 rings (SSSR count). The maximum Gasteiger partial charge on any atom is 0.326 e. The number of aryl methyl sites for hydroxylation is 2. The van der Waals surface area contributed by atoms with Crippen LogP contribution < -0.4 is 11.1 Å². The van der Waals surface area contributed by atoms with Crippen LogP contribution in [-0.4, -0.2) is 28.9 Å². The first kappa shape index (κ1) is 16.2. The van der Waals surface area contributed by atoms with E-state index < -0.39 is 23.8 Å². The molecule has 6 nitrogen and oxygen atoms in total. The van der Waals surface area contributed by atoms with Crippen molar-refractivity contribution in [1.29, 1.82) is 0 Å². The van der Waals surface area contributed by atoms with Crippen LogP contribution in [0.3, 0.4) is 0 Å². The zero-order chi connectivity index (χ0) is 15.3. The van der Waals surface area contributed by atoms with Crippen molar-refractivity contribution in [2.45, 2.75) is 39.2 Å². The smallest absolute Gasteiger partial charge is 0.326 e. The highest BCUT2D eigenvalue weighted by atomic mass is 32.1. The molecule has 0 aromatic carbocycles. The summed E-state index contributed by atoms with van der Waals surface area (Å²) in [6, 6.07) is 0.633. The Morgan fingerprint density at radius 3 is 2.55 bits per heavy atom. The van der Waals surface area contributed by atoms with Crippen LogP contribution in [0.5, 0.6) is 0 Å². The fourth-order valence-corrected chi connectivity index (χ4v) is 2.77. The van der Waals surface area contributed by atoms with Crippen LogP contribution in [0.15, 0.2) is 6.07 Å². The number of amides is 2. The molecular formula is C13H18N2O4S. The van der Waals surface area contributed by atoms with Crippen LogP contribution in [0, 0.1) is 6.92 Å². The van der Waals surface area contributed by atoms with Gasteiger partial charge in [-0.3, -0.25) is 9.59 Å². The van der Waals surface area contributed by atoms with Gasteiger partial charge in [-0.15, -0.1) is 11.3 Å². The molecule has 7 heteroatoms. The lowest BCUT2D eigenvalue weighted by Gasteiger charge is -2.12. The average Bonchev–Trinajstić information content (AvgIpc) is 2.75. The molecule has 1 aromatic rings. The van der Waals surface area contributed by atoms with Crippen molar-refractivity contribution in [1.82, 2.24) is 5.32 Å². The van der Waals surface area contributed by atoms with Crippen molar-refractivity contribution in [3.8, 4) is 0 Å². The number of aliphatic carboxylic acids is 1. The SMILES string of the molecule is CCc1sc(C(=O)NC(CCC(N)=O)C(=O)O)cc1C. The molecule has 0 aliphatic carbocycles. The topological polar surface area (TPSA) is 109 Å². The molecule has 0 bridgehead atoms. The van der Waals surface area contributed by atoms with Crippen molar-refractivity contribution in [2.75, 3.05) is 0 Å². The Kier molecular flexibility index (Phi) is 5.69. The Morgan fingerprint density at radius 2 is 2.10 bits per heavy atom. The molecule has 4 N–H and O–H groups in total. The Bertz CT molecular complexity index is 524. The number of carbonyl (C=O) groups is 3. The van der Waals surface area contributed by atoms with Gasteiger partial charge < -0.3 is 16.2 Å². The highest BCUT2D eigenvalue weighted by Crippen LogP contribution is 2.22. The second kappa shape index (κ2) is 7.04. The molecule has 20 heavy (non-hydrogen) atoms. The quantitative estimate of drug-likeness (QED) is 0.699. The maximum atomic E-state index is 12.0. The van der Waals surface area contributed by atoms with E-state index in [0.29, 0.717) is 4.88 Å². The number of primary amides is 1. The fourth-order valence-electron chi connectivity index (χ4n) is 1.76. The zero-order valence-electron chi connectivity index (χ0n) is 11.4. The molecule has 0 saturated heterocycles. The first-order chi connectivity index (χ1) is 9.35. The molecule has 1 heterocycles. The molecule has 0 aliphatic rings. The Balaban J connectivity index is 2.74. The van der Waals surface area contributed by atoms with Crippen LogP contribution in [0.25, 0.3) is 0 Å². The van der Waals surface area contributed by atoms with E-state index in [4.69, 9.17) is 10.8 Å². The van der Waals surface area contributed by atoms with E-state index in [1.807, 2.05) is 13.8 Å². The summed E-state index contributed by atoms with van der Waals surface area (Å²) in [5.41, 5.74) is 6.00. The number of nitrogens with two attached hydrogens (primary N) is 1. The molecule has 0 saturated carbocycles. The largest absolute Gasteiger partial charge is 0.480 e. The molecule has 110 valence electrons. The van der Waals surface area contributed by atoms with Crippen LogP contribution >= 0.6 is 11.3 Å². The summed E-state index contributed by atoms with van der Waals surface area (Å²) >= 11 is 1.35. The first-order valence-corrected chi connectivity index (χ1v) is 7.08. The van der Waals surface area contributed by atoms with Gasteiger partial charge >= 0.3 is 5.97 Å². The number of carbonyl (C=O) groups excluding carboxylic acids is 2. The van der Waals surface area contributed by atoms with Crippen molar-refractivity contribution >= 4 is 29.1 Å². The van der Waals surface area contributed by atoms with Gasteiger partial charge in [0.05, 0.1) is 4.88 Å². The summed E-state index contributed by atoms with van der Waals surface area (Å²) < 4.78 is 0. The summed E-state index contributed by atoms with van der Waals surface area (Å²) in [6.07, 6.45) is 0.732. The van der Waals surface area contributed by atoms with Crippen LogP contribution in [0.2, 0.25) is 0 Å². The third kappa shape index (κ3) is 4.34. The molecule has 1 atom stereocenters. The molecule has 0 radical (unpaired) electrons. The molecule has 0 aliphatic heterocycles. The van der Waals surface area contributed by atoms with E-state index in [-0.39, 0.29) is 12.8 Å². The van der Waals surface area contributed by atoms with Crippen LogP contribution in [0.4, 0.5) is 0 Å². The summed E-state index contributed by atoms with van der Waals surface area (Å²) in [6.45, 7) is 3.90. The van der Waals surface area contributed by atoms with Gasteiger partial charge in [0.2, 0.25) is 5.91 Å². The number of rotatable bonds is 7. The lowest BCUT2D eigenvalue weighted by molar-refractivity contribution is -0.139. The zero-order valence-corrected chi connectivity index (χ0v) is 12.3. The van der Waals surface area contributed by atoms with Gasteiger partial charge in [0.1, 0.15) is 6.04 Å². The minimum atomic E-state index is -1.18. The summed E-state index contributed by atoms with van der Waals surface area (Å²) in [5.74, 6) is -2.20. The normalized spacial score (nSPS) is 11.9. The number of nitrogens with one attached hydrogen (secondary N) is 1. The second-order valence-corrected chi connectivity index (χ2v) is 5.58. The predicted octanol–water partition coefficient (Wildman–Crippen LogP) is 1.07. The van der Waals surface area contributed by atoms with E-state index in [1.165, 1.54) is 11.3 Å². The Morgan fingerprint density at radius 1 is 1.45 bits per heavy atom. The standard InChI is InChI=1S/C13H18N2O4S/c1-3-9-7(2)6-10(20-9)12(17)15-8(13(18)19)4-5-11(14)16/h6,8H,3-5H2,1-2H3,(H2,14,16)(H,15,17)(H,18,19). The third-order valence-corrected chi connectivity index (χ3v) is 4.23. The minimum Gasteiger partial charge on any atom is -0.480 e. The van der Waals surface area contributed by atoms with E-state index in [1.54, 1.807) is 6.07 Å². The van der Waals surface area contributed by atoms with Crippen molar-refractivity contribution < 1.29 is 19.5 Å². The monoisotopic (exact) mass is 298 g/mol. The number of carboxylic acids is 1. The Hall–Kier alpha value is -1.89. The minimum absolute atomic E-state index is 0.0125. The molecule has 2 amide bonds. The molecule has 1 aromatic heterocycles. The van der Waals surface area contributed by atoms with Crippen molar-refractivity contribution in [3.63, 3.8) is 0 Å². The van der Waals surface area contributed by atoms with E-state index in [9.17, 15) is 14.4 Å². The predicted molar refractivity (Wildman–Crippen MR) is 75.8 cm³/mol. The molecule has 0 fully saturated rings. The van der Waals surface area contributed by atoms with Gasteiger partial charge in [-0.1, -0.05) is 6.92 Å². The van der Waals surface area contributed by atoms with Crippen LogP contribution in [-0.2, 0) is 16.0 Å². The second-order valence-electron chi connectivity index (χ2n) is 4.44. The lowest BCUT2D eigenvalue weighted by Crippen LogP contribution is -2.41. The van der Waals surface area contributed by atoms with Crippen LogP contribution in [0.1, 0.15) is 39.9 Å². The Labute approximate surface area is 121 Å². The van der Waals surface area contributed by atoms with Gasteiger partial charge in [0.15, 0.2) is 0 Å². The fraction of sp³-hybridized carbons (Fsp3) is 0.462. The number of carboxylic acid groups (broad SMARTS) is 1. The number of hydrogen-bond donors (Lipinski definition) is 3. The molecular weight excluding hydrogens is 280 g/mol. The van der Waals surface area contributed by atoms with Gasteiger partial charge in [-0.25, -0.2) is 4.79 Å². The average molecular weight is 298 g/mol. The highest BCUT2D eigenvalue weighted by molar-refractivity contribution is 7.14. The van der Waals surface area contributed by atoms with Gasteiger partial charge in [-0.2, -0.15) is 0 Å². The molecule has 0 spiro atoms. The van der Waals surface area contributed by atoms with E-state index in [2.05, 4.69) is 5.32 Å². The van der Waals surface area contributed by atoms with Gasteiger partial charge in [-0.05, 0) is 31.4 Å². The lowest BCUT2D eigenvalue weighted by atomic mass is 10.1. The van der Waals surface area contributed by atoms with Gasteiger partial charge in [0, 0.05) is 11.3 Å². The van der Waals surface area contributed by atoms with E-state index >= 15 is 0 Å². The number of hydrogen-bond acceptors (Lipinski definition) is 4. The molecule has 1 unspecified atom stereocenters. The van der Waals surface area contributed by atoms with Crippen molar-refractivity contribution in [3.05, 3.63) is 21.4 Å². The number of thiophene rings is 1. The van der Waals surface area contributed by atoms with E-state index in [0.717, 1.165) is 16.9 Å². The maximum absolute atomic E-state index is 12.0. The van der Waals surface area contributed by atoms with Crippen molar-refractivity contribution in [2.24, 2.45) is 5.73 Å². The third-order valence-electron chi connectivity index (χ3n) is 2.85. The summed E-state index contributed by atoms with van der Waals surface area (Å²) in [4.78, 5) is 35.3. The first-order valence-electron chi connectivity index (χ1n) is 6.26. The highest BCUT2D eigenvalue weighted by Gasteiger charge is 2.22. The summed E-state index contributed by atoms with van der Waals surface area (Å²) in [7, 11) is 0.